The van der Waals surface area contributed by atoms with Crippen LogP contribution in [0.4, 0.5) is 0 Å². The fourth-order valence-electron chi connectivity index (χ4n) is 1.35. The summed E-state index contributed by atoms with van der Waals surface area (Å²) >= 11 is 5.33. The number of rotatable bonds is 8. The fourth-order valence-corrected chi connectivity index (χ4v) is 2.08. The topological polar surface area (TPSA) is 21.3 Å². The molecule has 0 aliphatic heterocycles. The Morgan fingerprint density at radius 3 is 2.94 bits per heavy atom. The van der Waals surface area contributed by atoms with E-state index < -0.39 is 0 Å². The predicted molar refractivity (Wildman–Crippen MR) is 80.1 cm³/mol. The van der Waals surface area contributed by atoms with Crippen molar-refractivity contribution in [3.63, 3.8) is 0 Å². The number of benzene rings is 1. The normalized spacial score (nSPS) is 12.4. The van der Waals surface area contributed by atoms with Crippen LogP contribution in [0.15, 0.2) is 28.7 Å². The maximum absolute atomic E-state index is 5.62. The van der Waals surface area contributed by atoms with Gasteiger partial charge >= 0.3 is 0 Å². The number of nitrogens with one attached hydrogen (secondary N) is 1. The molecule has 0 bridgehead atoms. The van der Waals surface area contributed by atoms with E-state index >= 15 is 0 Å². The van der Waals surface area contributed by atoms with Crippen molar-refractivity contribution >= 4 is 27.7 Å². The van der Waals surface area contributed by atoms with Gasteiger partial charge in [-0.3, -0.25) is 0 Å². The monoisotopic (exact) mass is 317 g/mol. The molecule has 0 aliphatic rings. The van der Waals surface area contributed by atoms with Crippen molar-refractivity contribution in [3.8, 4) is 5.75 Å². The lowest BCUT2D eigenvalue weighted by atomic mass is 10.3. The summed E-state index contributed by atoms with van der Waals surface area (Å²) in [7, 11) is 0. The summed E-state index contributed by atoms with van der Waals surface area (Å²) in [4.78, 5) is 0. The van der Waals surface area contributed by atoms with E-state index in [1.165, 1.54) is 6.42 Å². The Labute approximate surface area is 117 Å². The summed E-state index contributed by atoms with van der Waals surface area (Å²) in [5.74, 6) is 0.915. The third-order valence-electron chi connectivity index (χ3n) is 2.47. The van der Waals surface area contributed by atoms with Gasteiger partial charge in [0.05, 0.1) is 0 Å². The molecule has 1 atom stereocenters. The van der Waals surface area contributed by atoms with Gasteiger partial charge in [-0.15, -0.1) is 0 Å². The van der Waals surface area contributed by atoms with E-state index in [-0.39, 0.29) is 0 Å². The molecule has 96 valence electrons. The summed E-state index contributed by atoms with van der Waals surface area (Å²) in [5, 5.41) is 4.12. The Hall–Kier alpha value is -0.190. The second-order valence-corrected chi connectivity index (χ2v) is 6.08. The van der Waals surface area contributed by atoms with E-state index in [2.05, 4.69) is 34.4 Å². The van der Waals surface area contributed by atoms with Crippen molar-refractivity contribution in [3.05, 3.63) is 28.7 Å². The van der Waals surface area contributed by atoms with E-state index in [1.807, 2.05) is 36.0 Å². The van der Waals surface area contributed by atoms with E-state index in [9.17, 15) is 0 Å². The molecule has 2 nitrogen and oxygen atoms in total. The highest BCUT2D eigenvalue weighted by atomic mass is 79.9. The molecule has 0 radical (unpaired) electrons. The van der Waals surface area contributed by atoms with Gasteiger partial charge in [0, 0.05) is 16.3 Å². The lowest BCUT2D eigenvalue weighted by Gasteiger charge is -2.10. The van der Waals surface area contributed by atoms with Gasteiger partial charge in [0.15, 0.2) is 0 Å². The van der Waals surface area contributed by atoms with Crippen LogP contribution in [0.5, 0.6) is 5.75 Å². The number of thioether (sulfide) groups is 1. The first kappa shape index (κ1) is 14.9. The maximum Gasteiger partial charge on any atom is 0.120 e. The van der Waals surface area contributed by atoms with Crippen molar-refractivity contribution in [1.82, 2.24) is 5.32 Å². The summed E-state index contributed by atoms with van der Waals surface area (Å²) < 4.78 is 6.68. The van der Waals surface area contributed by atoms with E-state index in [4.69, 9.17) is 4.74 Å². The van der Waals surface area contributed by atoms with Gasteiger partial charge in [-0.05, 0) is 37.4 Å². The van der Waals surface area contributed by atoms with Crippen molar-refractivity contribution in [2.24, 2.45) is 0 Å². The molecular formula is C13H20BrNOS. The Balaban J connectivity index is 2.05. The molecule has 1 aromatic rings. The highest BCUT2D eigenvalue weighted by Crippen LogP contribution is 2.17. The average molecular weight is 318 g/mol. The van der Waals surface area contributed by atoms with Crippen LogP contribution in [0.2, 0.25) is 0 Å². The SMILES string of the molecule is CSC(C)CCNCCOc1cccc(Br)c1. The molecule has 0 aliphatic carbocycles. The van der Waals surface area contributed by atoms with Crippen LogP contribution in [0, 0.1) is 0 Å². The van der Waals surface area contributed by atoms with E-state index in [1.54, 1.807) is 0 Å². The van der Waals surface area contributed by atoms with Gasteiger partial charge in [-0.2, -0.15) is 11.8 Å². The zero-order valence-electron chi connectivity index (χ0n) is 10.4. The standard InChI is InChI=1S/C13H20BrNOS/c1-11(17-2)6-7-15-8-9-16-13-5-3-4-12(14)10-13/h3-5,10-11,15H,6-9H2,1-2H3. The van der Waals surface area contributed by atoms with Crippen LogP contribution in [0.25, 0.3) is 0 Å². The highest BCUT2D eigenvalue weighted by molar-refractivity contribution is 9.10. The van der Waals surface area contributed by atoms with Crippen LogP contribution in [0.1, 0.15) is 13.3 Å². The van der Waals surface area contributed by atoms with Gasteiger partial charge < -0.3 is 10.1 Å². The quantitative estimate of drug-likeness (QED) is 0.741. The number of halogens is 1. The largest absolute Gasteiger partial charge is 0.492 e. The predicted octanol–water partition coefficient (Wildman–Crippen LogP) is 3.56. The van der Waals surface area contributed by atoms with Gasteiger partial charge in [0.2, 0.25) is 0 Å². The molecule has 17 heavy (non-hydrogen) atoms. The molecule has 1 aromatic carbocycles. The zero-order chi connectivity index (χ0) is 12.5. The van der Waals surface area contributed by atoms with Crippen LogP contribution >= 0.6 is 27.7 Å². The van der Waals surface area contributed by atoms with Crippen LogP contribution in [-0.2, 0) is 0 Å². The Morgan fingerprint density at radius 1 is 1.41 bits per heavy atom. The molecule has 0 aromatic heterocycles. The van der Waals surface area contributed by atoms with Crippen LogP contribution < -0.4 is 10.1 Å². The van der Waals surface area contributed by atoms with Gasteiger partial charge in [0.1, 0.15) is 12.4 Å². The minimum absolute atomic E-state index is 0.712. The second kappa shape index (κ2) is 8.84. The average Bonchev–Trinajstić information content (AvgIpc) is 2.33. The zero-order valence-corrected chi connectivity index (χ0v) is 12.8. The third-order valence-corrected chi connectivity index (χ3v) is 4.01. The lowest BCUT2D eigenvalue weighted by Crippen LogP contribution is -2.23. The molecule has 0 amide bonds. The smallest absolute Gasteiger partial charge is 0.120 e. The third kappa shape index (κ3) is 6.96. The molecule has 0 heterocycles. The number of ether oxygens (including phenoxy) is 1. The highest BCUT2D eigenvalue weighted by Gasteiger charge is 1.98. The lowest BCUT2D eigenvalue weighted by molar-refractivity contribution is 0.313. The van der Waals surface area contributed by atoms with E-state index in [0.29, 0.717) is 6.61 Å². The first-order valence-corrected chi connectivity index (χ1v) is 7.92. The van der Waals surface area contributed by atoms with Gasteiger partial charge in [0.25, 0.3) is 0 Å². The molecule has 0 saturated carbocycles. The molecule has 1 rings (SSSR count). The summed E-state index contributed by atoms with van der Waals surface area (Å²) in [6.45, 7) is 4.92. The van der Waals surface area contributed by atoms with Gasteiger partial charge in [-0.25, -0.2) is 0 Å². The molecule has 1 unspecified atom stereocenters. The molecule has 0 saturated heterocycles. The first-order valence-electron chi connectivity index (χ1n) is 5.84. The van der Waals surface area contributed by atoms with Crippen molar-refractivity contribution < 1.29 is 4.74 Å². The molecular weight excluding hydrogens is 298 g/mol. The summed E-state index contributed by atoms with van der Waals surface area (Å²) in [6.07, 6.45) is 3.36. The van der Waals surface area contributed by atoms with Crippen molar-refractivity contribution in [2.45, 2.75) is 18.6 Å². The van der Waals surface area contributed by atoms with Crippen LogP contribution in [0.3, 0.4) is 0 Å². The van der Waals surface area contributed by atoms with Crippen molar-refractivity contribution in [2.75, 3.05) is 26.0 Å². The minimum Gasteiger partial charge on any atom is -0.492 e. The number of hydrogen-bond acceptors (Lipinski definition) is 3. The van der Waals surface area contributed by atoms with Gasteiger partial charge in [-0.1, -0.05) is 28.9 Å². The Kier molecular flexibility index (Phi) is 7.73. The maximum atomic E-state index is 5.62. The molecule has 1 N–H and O–H groups in total. The first-order chi connectivity index (χ1) is 8.22. The Bertz CT molecular complexity index is 322. The minimum atomic E-state index is 0.712. The number of hydrogen-bond donors (Lipinski definition) is 1. The Morgan fingerprint density at radius 2 is 2.24 bits per heavy atom. The summed E-state index contributed by atoms with van der Waals surface area (Å²) in [5.41, 5.74) is 0. The second-order valence-electron chi connectivity index (χ2n) is 3.89. The van der Waals surface area contributed by atoms with Crippen molar-refractivity contribution in [1.29, 1.82) is 0 Å². The molecule has 0 spiro atoms. The summed E-state index contributed by atoms with van der Waals surface area (Å²) in [6, 6.07) is 7.93. The van der Waals surface area contributed by atoms with Crippen LogP contribution in [-0.4, -0.2) is 31.2 Å². The molecule has 4 heteroatoms. The van der Waals surface area contributed by atoms with E-state index in [0.717, 1.165) is 28.6 Å². The molecule has 0 fully saturated rings. The fraction of sp³-hybridized carbons (Fsp3) is 0.538.